The number of aromatic amines is 1. The van der Waals surface area contributed by atoms with Gasteiger partial charge in [-0.3, -0.25) is 9.89 Å². The molecule has 0 aliphatic heterocycles. The number of hydrogen-bond donors (Lipinski definition) is 2. The third-order valence-corrected chi connectivity index (χ3v) is 6.77. The molecule has 1 saturated carbocycles. The second-order valence-corrected chi connectivity index (χ2v) is 8.75. The lowest BCUT2D eigenvalue weighted by Crippen LogP contribution is -2.14. The van der Waals surface area contributed by atoms with Crippen LogP contribution >= 0.6 is 34.7 Å². The summed E-state index contributed by atoms with van der Waals surface area (Å²) in [5.74, 6) is -1.51. The lowest BCUT2D eigenvalue weighted by atomic mass is 10.1. The molecule has 6 nitrogen and oxygen atoms in total. The molecule has 0 radical (unpaired) electrons. The van der Waals surface area contributed by atoms with E-state index in [1.54, 1.807) is 24.6 Å². The molecule has 2 atom stereocenters. The summed E-state index contributed by atoms with van der Waals surface area (Å²) in [6, 6.07) is 3.42. The summed E-state index contributed by atoms with van der Waals surface area (Å²) in [6.45, 7) is 0. The highest BCUT2D eigenvalue weighted by Crippen LogP contribution is 2.42. The van der Waals surface area contributed by atoms with E-state index in [0.29, 0.717) is 42.5 Å². The van der Waals surface area contributed by atoms with E-state index in [0.717, 1.165) is 0 Å². The smallest absolute Gasteiger partial charge is 0.232 e. The van der Waals surface area contributed by atoms with Crippen LogP contribution in [0.5, 0.6) is 0 Å². The van der Waals surface area contributed by atoms with Crippen molar-refractivity contribution >= 4 is 67.0 Å². The molecular formula is C18H12ClF2N5OS2. The number of carbonyl (C=O) groups excluding carboxylic acids is 1. The maximum Gasteiger partial charge on any atom is 0.232 e. The van der Waals surface area contributed by atoms with Crippen molar-refractivity contribution in [3.63, 3.8) is 0 Å². The Morgan fingerprint density at radius 2 is 2.21 bits per heavy atom. The highest BCUT2D eigenvalue weighted by Gasteiger charge is 2.43. The monoisotopic (exact) mass is 451 g/mol. The quantitative estimate of drug-likeness (QED) is 0.424. The van der Waals surface area contributed by atoms with Gasteiger partial charge < -0.3 is 5.32 Å². The van der Waals surface area contributed by atoms with Gasteiger partial charge in [-0.25, -0.2) is 18.7 Å². The van der Waals surface area contributed by atoms with Gasteiger partial charge in [-0.2, -0.15) is 5.10 Å². The van der Waals surface area contributed by atoms with Crippen LogP contribution in [-0.4, -0.2) is 38.5 Å². The first-order chi connectivity index (χ1) is 14.0. The van der Waals surface area contributed by atoms with Crippen LogP contribution < -0.4 is 5.32 Å². The number of benzene rings is 1. The minimum atomic E-state index is -1.08. The summed E-state index contributed by atoms with van der Waals surface area (Å²) in [6.07, 6.45) is 2.52. The van der Waals surface area contributed by atoms with Crippen LogP contribution in [0.3, 0.4) is 0 Å². The van der Waals surface area contributed by atoms with Crippen LogP contribution in [-0.2, 0) is 4.79 Å². The molecule has 2 N–H and O–H groups in total. The van der Waals surface area contributed by atoms with E-state index in [-0.39, 0.29) is 17.4 Å². The van der Waals surface area contributed by atoms with Crippen molar-refractivity contribution in [1.82, 2.24) is 20.2 Å². The number of rotatable bonds is 4. The zero-order valence-corrected chi connectivity index (χ0v) is 17.2. The summed E-state index contributed by atoms with van der Waals surface area (Å²) in [5.41, 5.74) is 2.03. The average Bonchev–Trinajstić information content (AvgIpc) is 3.08. The van der Waals surface area contributed by atoms with E-state index in [4.69, 9.17) is 11.6 Å². The molecule has 5 rings (SSSR count). The number of thiazole rings is 1. The van der Waals surface area contributed by atoms with Crippen LogP contribution in [0.2, 0.25) is 5.02 Å². The molecule has 148 valence electrons. The SMILES string of the molecule is CSc1c(F)c(Cl)c(-c2ccc3nc(NC(=O)[C@@H]4C[C@@H]4F)sc3n2)c2cn[nH]c12. The van der Waals surface area contributed by atoms with E-state index >= 15 is 0 Å². The van der Waals surface area contributed by atoms with Gasteiger partial charge in [-0.15, -0.1) is 11.8 Å². The molecule has 1 aromatic carbocycles. The van der Waals surface area contributed by atoms with Gasteiger partial charge in [-0.05, 0) is 24.8 Å². The number of amides is 1. The van der Waals surface area contributed by atoms with Crippen molar-refractivity contribution in [2.24, 2.45) is 5.92 Å². The van der Waals surface area contributed by atoms with Gasteiger partial charge >= 0.3 is 0 Å². The number of halogens is 3. The van der Waals surface area contributed by atoms with Gasteiger partial charge in [0.05, 0.1) is 33.2 Å². The molecule has 0 unspecified atom stereocenters. The normalized spacial score (nSPS) is 18.5. The van der Waals surface area contributed by atoms with Gasteiger partial charge in [0.25, 0.3) is 0 Å². The number of hydrogen-bond acceptors (Lipinski definition) is 6. The Hall–Kier alpha value is -2.30. The van der Waals surface area contributed by atoms with Gasteiger partial charge in [-0.1, -0.05) is 22.9 Å². The number of fused-ring (bicyclic) bond motifs is 2. The first kappa shape index (κ1) is 18.7. The molecule has 0 spiro atoms. The van der Waals surface area contributed by atoms with Gasteiger partial charge in [0.1, 0.15) is 16.5 Å². The third-order valence-electron chi connectivity index (χ3n) is 4.74. The highest BCUT2D eigenvalue weighted by molar-refractivity contribution is 7.98. The van der Waals surface area contributed by atoms with E-state index in [9.17, 15) is 13.6 Å². The standard InChI is InChI=1S/C18H12ClF2N5OS2/c1-28-15-13(21)12(19)11(7-5-22-26-14(7)15)9-2-3-10-17(23-9)29-18(24-10)25-16(27)6-4-8(6)20/h2-3,5-6,8H,4H2,1H3,(H,22,26)(H,24,25,27)/t6-,8+/m1/s1. The van der Waals surface area contributed by atoms with Crippen LogP contribution in [0.1, 0.15) is 6.42 Å². The van der Waals surface area contributed by atoms with Crippen LogP contribution in [0.4, 0.5) is 13.9 Å². The Kier molecular flexibility index (Phi) is 4.45. The van der Waals surface area contributed by atoms with Crippen molar-refractivity contribution < 1.29 is 13.6 Å². The summed E-state index contributed by atoms with van der Waals surface area (Å²) in [5, 5.41) is 10.4. The number of alkyl halides is 1. The summed E-state index contributed by atoms with van der Waals surface area (Å²) >= 11 is 8.76. The number of aromatic nitrogens is 4. The fourth-order valence-electron chi connectivity index (χ4n) is 3.17. The van der Waals surface area contributed by atoms with Crippen molar-refractivity contribution in [3.05, 3.63) is 29.2 Å². The highest BCUT2D eigenvalue weighted by atomic mass is 35.5. The van der Waals surface area contributed by atoms with Crippen molar-refractivity contribution in [1.29, 1.82) is 0 Å². The molecule has 1 aliphatic rings. The van der Waals surface area contributed by atoms with E-state index in [1.807, 2.05) is 0 Å². The first-order valence-corrected chi connectivity index (χ1v) is 11.0. The molecular weight excluding hydrogens is 440 g/mol. The number of nitrogens with one attached hydrogen (secondary N) is 2. The number of anilines is 1. The summed E-state index contributed by atoms with van der Waals surface area (Å²) < 4.78 is 27.9. The van der Waals surface area contributed by atoms with Gasteiger partial charge in [0.2, 0.25) is 5.91 Å². The molecule has 1 amide bonds. The number of pyridine rings is 1. The lowest BCUT2D eigenvalue weighted by molar-refractivity contribution is -0.117. The molecule has 1 aliphatic carbocycles. The maximum atomic E-state index is 14.8. The van der Waals surface area contributed by atoms with Gasteiger partial charge in [0, 0.05) is 10.9 Å². The van der Waals surface area contributed by atoms with E-state index in [1.165, 1.54) is 23.1 Å². The predicted octanol–water partition coefficient (Wildman–Crippen LogP) is 5.05. The van der Waals surface area contributed by atoms with Gasteiger partial charge in [0.15, 0.2) is 10.9 Å². The van der Waals surface area contributed by atoms with Crippen molar-refractivity contribution in [3.8, 4) is 11.3 Å². The molecule has 11 heteroatoms. The minimum Gasteiger partial charge on any atom is -0.302 e. The fourth-order valence-corrected chi connectivity index (χ4v) is 5.00. The first-order valence-electron chi connectivity index (χ1n) is 8.59. The molecule has 0 bridgehead atoms. The van der Waals surface area contributed by atoms with Crippen LogP contribution in [0, 0.1) is 11.7 Å². The topological polar surface area (TPSA) is 83.6 Å². The molecule has 3 aromatic heterocycles. The Labute approximate surface area is 176 Å². The summed E-state index contributed by atoms with van der Waals surface area (Å²) in [7, 11) is 0. The van der Waals surface area contributed by atoms with E-state index in [2.05, 4.69) is 25.5 Å². The average molecular weight is 452 g/mol. The minimum absolute atomic E-state index is 0.0316. The Morgan fingerprint density at radius 1 is 1.41 bits per heavy atom. The zero-order valence-electron chi connectivity index (χ0n) is 14.8. The molecule has 29 heavy (non-hydrogen) atoms. The second-order valence-electron chi connectivity index (χ2n) is 6.58. The Balaban J connectivity index is 1.58. The number of carbonyl (C=O) groups is 1. The fraction of sp³-hybridized carbons (Fsp3) is 0.222. The Morgan fingerprint density at radius 3 is 2.93 bits per heavy atom. The number of thioether (sulfide) groups is 1. The predicted molar refractivity (Wildman–Crippen MR) is 111 cm³/mol. The van der Waals surface area contributed by atoms with E-state index < -0.39 is 17.9 Å². The Bertz CT molecular complexity index is 1290. The largest absolute Gasteiger partial charge is 0.302 e. The number of H-pyrrole nitrogens is 1. The maximum absolute atomic E-state index is 14.8. The third kappa shape index (κ3) is 3.06. The molecule has 3 heterocycles. The second kappa shape index (κ2) is 6.89. The zero-order chi connectivity index (χ0) is 20.3. The molecule has 4 aromatic rings. The number of nitrogens with zero attached hydrogens (tertiary/aromatic N) is 3. The lowest BCUT2D eigenvalue weighted by Gasteiger charge is -2.10. The van der Waals surface area contributed by atoms with Crippen molar-refractivity contribution in [2.45, 2.75) is 17.5 Å². The molecule has 1 fully saturated rings. The van der Waals surface area contributed by atoms with Crippen LogP contribution in [0.15, 0.2) is 23.2 Å². The molecule has 0 saturated heterocycles. The van der Waals surface area contributed by atoms with Crippen molar-refractivity contribution in [2.75, 3.05) is 11.6 Å². The summed E-state index contributed by atoms with van der Waals surface area (Å²) in [4.78, 5) is 21.8. The van der Waals surface area contributed by atoms with Crippen LogP contribution in [0.25, 0.3) is 32.5 Å².